The van der Waals surface area contributed by atoms with Gasteiger partial charge in [0.1, 0.15) is 11.8 Å². The van der Waals surface area contributed by atoms with Gasteiger partial charge in [0.25, 0.3) is 5.69 Å². The van der Waals surface area contributed by atoms with Crippen LogP contribution in [0.4, 0.5) is 17.1 Å². The van der Waals surface area contributed by atoms with Crippen LogP contribution in [0.2, 0.25) is 5.02 Å². The molecule has 0 saturated carbocycles. The molecule has 1 amide bonds. The average molecular weight is 414 g/mol. The Hall–Kier alpha value is -3.15. The van der Waals surface area contributed by atoms with Crippen LogP contribution in [0.25, 0.3) is 0 Å². The van der Waals surface area contributed by atoms with Crippen molar-refractivity contribution in [2.75, 3.05) is 42.9 Å². The lowest BCUT2D eigenvalue weighted by Crippen LogP contribution is -2.36. The number of carbonyl (C=O) groups excluding carboxylic acids is 1. The average Bonchev–Trinajstić information content (AvgIpc) is 2.93. The van der Waals surface area contributed by atoms with Crippen molar-refractivity contribution in [3.63, 3.8) is 0 Å². The van der Waals surface area contributed by atoms with E-state index in [-0.39, 0.29) is 23.8 Å². The van der Waals surface area contributed by atoms with E-state index >= 15 is 0 Å². The summed E-state index contributed by atoms with van der Waals surface area (Å²) in [4.78, 5) is 27.2. The van der Waals surface area contributed by atoms with E-state index in [9.17, 15) is 20.2 Å². The van der Waals surface area contributed by atoms with Gasteiger partial charge in [-0.2, -0.15) is 5.26 Å². The van der Waals surface area contributed by atoms with Gasteiger partial charge >= 0.3 is 0 Å². The summed E-state index contributed by atoms with van der Waals surface area (Å²) < 4.78 is 0. The number of para-hydroxylation sites is 1. The molecule has 0 unspecified atom stereocenters. The topological polar surface area (TPSA) is 103 Å². The van der Waals surface area contributed by atoms with Crippen LogP contribution < -0.4 is 10.2 Å². The number of nitrogens with zero attached hydrogens (tertiary/aromatic N) is 4. The predicted octanol–water partition coefficient (Wildman–Crippen LogP) is 3.27. The van der Waals surface area contributed by atoms with Gasteiger partial charge in [0.2, 0.25) is 5.91 Å². The van der Waals surface area contributed by atoms with Gasteiger partial charge in [0, 0.05) is 37.3 Å². The third-order valence-corrected chi connectivity index (χ3v) is 4.99. The lowest BCUT2D eigenvalue weighted by molar-refractivity contribution is -0.383. The van der Waals surface area contributed by atoms with Gasteiger partial charge in [0.15, 0.2) is 0 Å². The van der Waals surface area contributed by atoms with Gasteiger partial charge in [-0.05, 0) is 30.7 Å². The fourth-order valence-corrected chi connectivity index (χ4v) is 3.55. The van der Waals surface area contributed by atoms with E-state index in [1.54, 1.807) is 6.07 Å². The van der Waals surface area contributed by atoms with Gasteiger partial charge in [-0.15, -0.1) is 0 Å². The van der Waals surface area contributed by atoms with Crippen molar-refractivity contribution in [2.24, 2.45) is 0 Å². The van der Waals surface area contributed by atoms with E-state index in [4.69, 9.17) is 11.6 Å². The Morgan fingerprint density at radius 1 is 1.21 bits per heavy atom. The Bertz CT molecular complexity index is 959. The standard InChI is InChI=1S/C20H20ClN5O3/c21-16-6-7-19(26(28)29)17(12-16)23-20(27)14-24-8-3-9-25(11-10-24)18-5-2-1-4-15(18)13-22/h1-2,4-7,12H,3,8-11,14H2,(H,23,27). The van der Waals surface area contributed by atoms with Crippen LogP contribution in [0.5, 0.6) is 0 Å². The summed E-state index contributed by atoms with van der Waals surface area (Å²) in [5, 5.41) is 23.4. The molecule has 150 valence electrons. The van der Waals surface area contributed by atoms with Gasteiger partial charge in [-0.25, -0.2) is 0 Å². The lowest BCUT2D eigenvalue weighted by Gasteiger charge is -2.24. The molecule has 9 heteroatoms. The van der Waals surface area contributed by atoms with Crippen molar-refractivity contribution < 1.29 is 9.72 Å². The second kappa shape index (κ2) is 9.37. The van der Waals surface area contributed by atoms with Crippen molar-refractivity contribution in [3.05, 3.63) is 63.2 Å². The fourth-order valence-electron chi connectivity index (χ4n) is 3.37. The zero-order valence-corrected chi connectivity index (χ0v) is 16.4. The molecule has 0 aliphatic carbocycles. The summed E-state index contributed by atoms with van der Waals surface area (Å²) >= 11 is 5.90. The number of carbonyl (C=O) groups is 1. The van der Waals surface area contributed by atoms with E-state index in [1.807, 2.05) is 23.1 Å². The molecule has 1 N–H and O–H groups in total. The monoisotopic (exact) mass is 413 g/mol. The van der Waals surface area contributed by atoms with Crippen molar-refractivity contribution in [1.82, 2.24) is 4.90 Å². The fraction of sp³-hybridized carbons (Fsp3) is 0.300. The van der Waals surface area contributed by atoms with E-state index < -0.39 is 4.92 Å². The highest BCUT2D eigenvalue weighted by molar-refractivity contribution is 6.31. The molecule has 1 heterocycles. The zero-order valence-electron chi connectivity index (χ0n) is 15.7. The molecule has 2 aromatic carbocycles. The second-order valence-electron chi connectivity index (χ2n) is 6.71. The highest BCUT2D eigenvalue weighted by atomic mass is 35.5. The first kappa shape index (κ1) is 20.6. The zero-order chi connectivity index (χ0) is 20.8. The van der Waals surface area contributed by atoms with Crippen LogP contribution in [0, 0.1) is 21.4 Å². The molecule has 29 heavy (non-hydrogen) atoms. The minimum atomic E-state index is -0.553. The SMILES string of the molecule is N#Cc1ccccc1N1CCCN(CC(=O)Nc2cc(Cl)ccc2[N+](=O)[O-])CC1. The molecule has 1 fully saturated rings. The summed E-state index contributed by atoms with van der Waals surface area (Å²) in [6.07, 6.45) is 0.838. The van der Waals surface area contributed by atoms with Crippen LogP contribution in [0.3, 0.4) is 0 Å². The number of benzene rings is 2. The Balaban J connectivity index is 1.62. The van der Waals surface area contributed by atoms with E-state index in [0.717, 1.165) is 25.2 Å². The Labute approximate surface area is 173 Å². The number of nitro groups is 1. The van der Waals surface area contributed by atoms with Crippen molar-refractivity contribution >= 4 is 34.6 Å². The summed E-state index contributed by atoms with van der Waals surface area (Å²) in [6, 6.07) is 13.8. The molecule has 8 nitrogen and oxygen atoms in total. The minimum absolute atomic E-state index is 0.0897. The first-order valence-electron chi connectivity index (χ1n) is 9.18. The number of amides is 1. The number of hydrogen-bond acceptors (Lipinski definition) is 6. The quantitative estimate of drug-likeness (QED) is 0.596. The Morgan fingerprint density at radius 3 is 2.76 bits per heavy atom. The number of nitrogens with one attached hydrogen (secondary N) is 1. The maximum absolute atomic E-state index is 12.5. The number of rotatable bonds is 5. The maximum atomic E-state index is 12.5. The van der Waals surface area contributed by atoms with Gasteiger partial charge < -0.3 is 10.2 Å². The molecular formula is C20H20ClN5O3. The lowest BCUT2D eigenvalue weighted by atomic mass is 10.1. The van der Waals surface area contributed by atoms with Gasteiger partial charge in [0.05, 0.1) is 22.7 Å². The van der Waals surface area contributed by atoms with Crippen LogP contribution >= 0.6 is 11.6 Å². The molecule has 2 aromatic rings. The largest absolute Gasteiger partial charge is 0.369 e. The van der Waals surface area contributed by atoms with Crippen LogP contribution in [-0.4, -0.2) is 48.5 Å². The molecule has 0 bridgehead atoms. The van der Waals surface area contributed by atoms with Crippen molar-refractivity contribution in [2.45, 2.75) is 6.42 Å². The Kier molecular flexibility index (Phi) is 6.65. The van der Waals surface area contributed by atoms with Gasteiger partial charge in [-0.1, -0.05) is 23.7 Å². The molecule has 0 radical (unpaired) electrons. The Morgan fingerprint density at radius 2 is 2.00 bits per heavy atom. The molecule has 3 rings (SSSR count). The molecule has 1 aliphatic rings. The summed E-state index contributed by atoms with van der Waals surface area (Å²) in [5.41, 5.74) is 1.42. The molecule has 0 spiro atoms. The molecule has 1 aliphatic heterocycles. The third kappa shape index (κ3) is 5.22. The number of hydrogen-bond donors (Lipinski definition) is 1. The highest BCUT2D eigenvalue weighted by Crippen LogP contribution is 2.27. The molecule has 1 saturated heterocycles. The number of anilines is 2. The van der Waals surface area contributed by atoms with Crippen molar-refractivity contribution in [1.29, 1.82) is 5.26 Å². The number of halogens is 1. The van der Waals surface area contributed by atoms with Gasteiger partial charge in [-0.3, -0.25) is 19.8 Å². The normalized spacial score (nSPS) is 14.7. The first-order valence-corrected chi connectivity index (χ1v) is 9.56. The van der Waals surface area contributed by atoms with Crippen LogP contribution in [-0.2, 0) is 4.79 Å². The summed E-state index contributed by atoms with van der Waals surface area (Å²) in [6.45, 7) is 2.96. The predicted molar refractivity (Wildman–Crippen MR) is 111 cm³/mol. The van der Waals surface area contributed by atoms with Crippen LogP contribution in [0.15, 0.2) is 42.5 Å². The first-order chi connectivity index (χ1) is 14.0. The highest BCUT2D eigenvalue weighted by Gasteiger charge is 2.21. The maximum Gasteiger partial charge on any atom is 0.292 e. The van der Waals surface area contributed by atoms with Crippen LogP contribution in [0.1, 0.15) is 12.0 Å². The minimum Gasteiger partial charge on any atom is -0.369 e. The summed E-state index contributed by atoms with van der Waals surface area (Å²) in [5.74, 6) is -0.332. The second-order valence-corrected chi connectivity index (χ2v) is 7.15. The number of nitro benzene ring substituents is 1. The third-order valence-electron chi connectivity index (χ3n) is 4.75. The van der Waals surface area contributed by atoms with E-state index in [1.165, 1.54) is 18.2 Å². The van der Waals surface area contributed by atoms with E-state index in [0.29, 0.717) is 23.7 Å². The molecular weight excluding hydrogens is 394 g/mol. The van der Waals surface area contributed by atoms with E-state index in [2.05, 4.69) is 16.3 Å². The van der Waals surface area contributed by atoms with Crippen molar-refractivity contribution in [3.8, 4) is 6.07 Å². The number of nitriles is 1. The molecule has 0 atom stereocenters. The smallest absolute Gasteiger partial charge is 0.292 e. The summed E-state index contributed by atoms with van der Waals surface area (Å²) in [7, 11) is 0. The molecule has 0 aromatic heterocycles.